The average Bonchev–Trinajstić information content (AvgIpc) is 2.46. The molecule has 3 nitrogen and oxygen atoms in total. The molecule has 0 saturated heterocycles. The Balaban J connectivity index is 1.85. The lowest BCUT2D eigenvalue weighted by atomic mass is 9.72. The lowest BCUT2D eigenvalue weighted by Gasteiger charge is -2.35. The molecule has 1 fully saturated rings. The van der Waals surface area contributed by atoms with Crippen LogP contribution in [-0.4, -0.2) is 12.5 Å². The molecule has 0 amide bonds. The molecule has 2 N–H and O–H groups in total. The second-order valence-corrected chi connectivity index (χ2v) is 6.65. The zero-order valence-corrected chi connectivity index (χ0v) is 13.3. The number of carbonyl (C=O) groups is 1. The van der Waals surface area contributed by atoms with E-state index in [2.05, 4.69) is 15.9 Å². The van der Waals surface area contributed by atoms with Gasteiger partial charge in [-0.2, -0.15) is 0 Å². The summed E-state index contributed by atoms with van der Waals surface area (Å²) in [6.07, 6.45) is 6.17. The summed E-state index contributed by atoms with van der Waals surface area (Å²) in [4.78, 5) is 12.0. The monoisotopic (exact) mass is 339 g/mol. The first kappa shape index (κ1) is 15.5. The topological polar surface area (TPSA) is 52.3 Å². The van der Waals surface area contributed by atoms with Gasteiger partial charge in [-0.05, 0) is 42.5 Å². The normalized spacial score (nSPS) is 17.7. The van der Waals surface area contributed by atoms with Crippen LogP contribution in [0.25, 0.3) is 0 Å². The summed E-state index contributed by atoms with van der Waals surface area (Å²) in [6.45, 7) is 0.915. The standard InChI is InChI=1S/C16H22BrNO2/c17-14-6-4-5-13(9-14)11-20-15(19)10-16(12-18)7-2-1-3-8-16/h4-6,9H,1-3,7-8,10-12,18H2. The number of carbonyl (C=O) groups excluding carboxylic acids is 1. The highest BCUT2D eigenvalue weighted by atomic mass is 79.9. The molecular formula is C16H22BrNO2. The largest absolute Gasteiger partial charge is 0.461 e. The number of nitrogens with two attached hydrogens (primary N) is 1. The highest BCUT2D eigenvalue weighted by molar-refractivity contribution is 9.10. The first-order valence-electron chi connectivity index (χ1n) is 7.24. The third kappa shape index (κ3) is 4.32. The third-order valence-corrected chi connectivity index (χ3v) is 4.65. The van der Waals surface area contributed by atoms with E-state index in [1.807, 2.05) is 24.3 Å². The summed E-state index contributed by atoms with van der Waals surface area (Å²) in [7, 11) is 0. The Labute approximate surface area is 129 Å². The maximum Gasteiger partial charge on any atom is 0.306 e. The van der Waals surface area contributed by atoms with Gasteiger partial charge in [0, 0.05) is 4.47 Å². The van der Waals surface area contributed by atoms with Crippen LogP contribution in [0.2, 0.25) is 0 Å². The summed E-state index contributed by atoms with van der Waals surface area (Å²) < 4.78 is 6.39. The van der Waals surface area contributed by atoms with E-state index >= 15 is 0 Å². The number of esters is 1. The Morgan fingerprint density at radius 1 is 1.30 bits per heavy atom. The summed E-state index contributed by atoms with van der Waals surface area (Å²) >= 11 is 3.41. The van der Waals surface area contributed by atoms with Crippen molar-refractivity contribution in [3.63, 3.8) is 0 Å². The predicted molar refractivity (Wildman–Crippen MR) is 83.1 cm³/mol. The van der Waals surface area contributed by atoms with Gasteiger partial charge in [-0.15, -0.1) is 0 Å². The van der Waals surface area contributed by atoms with Gasteiger partial charge >= 0.3 is 5.97 Å². The fourth-order valence-electron chi connectivity index (χ4n) is 2.90. The van der Waals surface area contributed by atoms with Crippen molar-refractivity contribution in [1.82, 2.24) is 0 Å². The maximum absolute atomic E-state index is 12.0. The van der Waals surface area contributed by atoms with Crippen molar-refractivity contribution in [2.45, 2.75) is 45.1 Å². The van der Waals surface area contributed by atoms with E-state index < -0.39 is 0 Å². The SMILES string of the molecule is NCC1(CC(=O)OCc2cccc(Br)c2)CCCCC1. The average molecular weight is 340 g/mol. The van der Waals surface area contributed by atoms with Crippen LogP contribution < -0.4 is 5.73 Å². The molecule has 4 heteroatoms. The van der Waals surface area contributed by atoms with Gasteiger partial charge in [0.05, 0.1) is 6.42 Å². The highest BCUT2D eigenvalue weighted by Crippen LogP contribution is 2.38. The van der Waals surface area contributed by atoms with E-state index in [0.717, 1.165) is 22.9 Å². The molecule has 2 rings (SSSR count). The summed E-state index contributed by atoms with van der Waals surface area (Å²) in [5, 5.41) is 0. The quantitative estimate of drug-likeness (QED) is 0.830. The van der Waals surface area contributed by atoms with Gasteiger partial charge in [0.15, 0.2) is 0 Å². The van der Waals surface area contributed by atoms with E-state index in [9.17, 15) is 4.79 Å². The molecule has 0 unspecified atom stereocenters. The van der Waals surface area contributed by atoms with Crippen molar-refractivity contribution in [2.24, 2.45) is 11.1 Å². The molecule has 0 bridgehead atoms. The Kier molecular flexibility index (Phi) is 5.61. The van der Waals surface area contributed by atoms with E-state index in [4.69, 9.17) is 10.5 Å². The molecule has 0 radical (unpaired) electrons. The van der Waals surface area contributed by atoms with Crippen molar-refractivity contribution in [2.75, 3.05) is 6.54 Å². The molecule has 1 aromatic rings. The van der Waals surface area contributed by atoms with E-state index in [1.165, 1.54) is 19.3 Å². The molecule has 110 valence electrons. The number of rotatable bonds is 5. The van der Waals surface area contributed by atoms with Crippen molar-refractivity contribution in [1.29, 1.82) is 0 Å². The first-order valence-corrected chi connectivity index (χ1v) is 8.03. The zero-order chi connectivity index (χ0) is 14.4. The van der Waals surface area contributed by atoms with Crippen LogP contribution in [0.15, 0.2) is 28.7 Å². The highest BCUT2D eigenvalue weighted by Gasteiger charge is 2.33. The molecule has 0 spiro atoms. The van der Waals surface area contributed by atoms with E-state index in [1.54, 1.807) is 0 Å². The number of hydrogen-bond acceptors (Lipinski definition) is 3. The smallest absolute Gasteiger partial charge is 0.306 e. The van der Waals surface area contributed by atoms with E-state index in [0.29, 0.717) is 19.6 Å². The van der Waals surface area contributed by atoms with Crippen molar-refractivity contribution in [3.05, 3.63) is 34.3 Å². The minimum absolute atomic E-state index is 0.0212. The van der Waals surface area contributed by atoms with Gasteiger partial charge in [0.25, 0.3) is 0 Å². The number of ether oxygens (including phenoxy) is 1. The summed E-state index contributed by atoms with van der Waals surface area (Å²) in [6, 6.07) is 7.82. The molecular weight excluding hydrogens is 318 g/mol. The number of hydrogen-bond donors (Lipinski definition) is 1. The van der Waals surface area contributed by atoms with Crippen LogP contribution >= 0.6 is 15.9 Å². The fourth-order valence-corrected chi connectivity index (χ4v) is 3.35. The number of halogens is 1. The van der Waals surface area contributed by atoms with Gasteiger partial charge < -0.3 is 10.5 Å². The number of benzene rings is 1. The second-order valence-electron chi connectivity index (χ2n) is 5.73. The Bertz CT molecular complexity index is 456. The van der Waals surface area contributed by atoms with Crippen LogP contribution in [-0.2, 0) is 16.1 Å². The van der Waals surface area contributed by atoms with Crippen molar-refractivity contribution < 1.29 is 9.53 Å². The maximum atomic E-state index is 12.0. The van der Waals surface area contributed by atoms with Gasteiger partial charge in [-0.3, -0.25) is 4.79 Å². The Morgan fingerprint density at radius 2 is 2.05 bits per heavy atom. The van der Waals surface area contributed by atoms with Gasteiger partial charge in [-0.1, -0.05) is 47.3 Å². The Hall–Kier alpha value is -0.870. The summed E-state index contributed by atoms with van der Waals surface area (Å²) in [5.74, 6) is -0.127. The van der Waals surface area contributed by atoms with E-state index in [-0.39, 0.29) is 11.4 Å². The lowest BCUT2D eigenvalue weighted by molar-refractivity contribution is -0.148. The predicted octanol–water partition coefficient (Wildman–Crippen LogP) is 3.79. The zero-order valence-electron chi connectivity index (χ0n) is 11.7. The molecule has 0 aromatic heterocycles. The van der Waals surface area contributed by atoms with Crippen LogP contribution in [0.5, 0.6) is 0 Å². The Morgan fingerprint density at radius 3 is 2.70 bits per heavy atom. The minimum Gasteiger partial charge on any atom is -0.461 e. The molecule has 1 saturated carbocycles. The minimum atomic E-state index is -0.127. The van der Waals surface area contributed by atoms with Crippen LogP contribution in [0.3, 0.4) is 0 Å². The second kappa shape index (κ2) is 7.23. The third-order valence-electron chi connectivity index (χ3n) is 4.16. The van der Waals surface area contributed by atoms with Crippen molar-refractivity contribution in [3.8, 4) is 0 Å². The molecule has 1 aromatic carbocycles. The summed E-state index contributed by atoms with van der Waals surface area (Å²) in [5.41, 5.74) is 6.88. The lowest BCUT2D eigenvalue weighted by Crippen LogP contribution is -2.35. The van der Waals surface area contributed by atoms with Gasteiger partial charge in [0.2, 0.25) is 0 Å². The van der Waals surface area contributed by atoms with Crippen molar-refractivity contribution >= 4 is 21.9 Å². The van der Waals surface area contributed by atoms with Gasteiger partial charge in [-0.25, -0.2) is 0 Å². The van der Waals surface area contributed by atoms with Gasteiger partial charge in [0.1, 0.15) is 6.61 Å². The molecule has 0 aliphatic heterocycles. The molecule has 20 heavy (non-hydrogen) atoms. The van der Waals surface area contributed by atoms with Crippen LogP contribution in [0, 0.1) is 5.41 Å². The van der Waals surface area contributed by atoms with Crippen LogP contribution in [0.4, 0.5) is 0 Å². The molecule has 0 atom stereocenters. The van der Waals surface area contributed by atoms with Crippen LogP contribution in [0.1, 0.15) is 44.1 Å². The fraction of sp³-hybridized carbons (Fsp3) is 0.562. The first-order chi connectivity index (χ1) is 9.63. The molecule has 1 aliphatic rings. The molecule has 0 heterocycles. The molecule has 1 aliphatic carbocycles.